The number of anilines is 1. The van der Waals surface area contributed by atoms with Crippen LogP contribution in [0.15, 0.2) is 23.2 Å². The van der Waals surface area contributed by atoms with Crippen molar-refractivity contribution in [2.75, 3.05) is 40.2 Å². The molecule has 1 aromatic carbocycles. The molecular formula is C16H26IN3O4. The Hall–Kier alpha value is -1.71. The van der Waals surface area contributed by atoms with Gasteiger partial charge in [-0.1, -0.05) is 0 Å². The minimum absolute atomic E-state index is 0. The van der Waals surface area contributed by atoms with Gasteiger partial charge in [-0.25, -0.2) is 0 Å². The normalized spacial score (nSPS) is 10.4. The number of unbranched alkanes of at least 4 members (excludes halogenated alkanes) is 1. The van der Waals surface area contributed by atoms with Gasteiger partial charge in [0.25, 0.3) is 0 Å². The maximum atomic E-state index is 11.0. The van der Waals surface area contributed by atoms with Crippen LogP contribution >= 0.6 is 24.0 Å². The summed E-state index contributed by atoms with van der Waals surface area (Å²) in [5, 5.41) is 6.37. The van der Waals surface area contributed by atoms with Gasteiger partial charge in [0, 0.05) is 31.8 Å². The number of hydrogen-bond acceptors (Lipinski definition) is 5. The smallest absolute Gasteiger partial charge is 0.305 e. The number of nitrogens with zero attached hydrogens (tertiary/aromatic N) is 1. The first-order chi connectivity index (χ1) is 11.1. The maximum Gasteiger partial charge on any atom is 0.305 e. The van der Waals surface area contributed by atoms with E-state index in [0.717, 1.165) is 18.5 Å². The second-order valence-electron chi connectivity index (χ2n) is 4.73. The summed E-state index contributed by atoms with van der Waals surface area (Å²) in [7, 11) is 6.29. The van der Waals surface area contributed by atoms with Crippen LogP contribution in [0.25, 0.3) is 0 Å². The number of halogens is 1. The van der Waals surface area contributed by atoms with Crippen molar-refractivity contribution in [3.63, 3.8) is 0 Å². The first-order valence-corrected chi connectivity index (χ1v) is 7.41. The number of carbonyl (C=O) groups excluding carboxylic acids is 1. The van der Waals surface area contributed by atoms with E-state index >= 15 is 0 Å². The molecule has 0 radical (unpaired) electrons. The maximum absolute atomic E-state index is 11.0. The molecule has 0 amide bonds. The number of ether oxygens (including phenoxy) is 3. The highest BCUT2D eigenvalue weighted by Gasteiger charge is 2.06. The zero-order valence-corrected chi connectivity index (χ0v) is 16.9. The summed E-state index contributed by atoms with van der Waals surface area (Å²) in [6, 6.07) is 5.54. The van der Waals surface area contributed by atoms with E-state index < -0.39 is 0 Å². The summed E-state index contributed by atoms with van der Waals surface area (Å²) in [5.41, 5.74) is 0.838. The second kappa shape index (κ2) is 12.7. The molecule has 0 aliphatic carbocycles. The molecule has 0 bridgehead atoms. The number of esters is 1. The number of guanidine groups is 1. The lowest BCUT2D eigenvalue weighted by molar-refractivity contribution is -0.140. The van der Waals surface area contributed by atoms with Crippen LogP contribution in [0.5, 0.6) is 11.5 Å². The predicted molar refractivity (Wildman–Crippen MR) is 106 cm³/mol. The van der Waals surface area contributed by atoms with E-state index in [-0.39, 0.29) is 29.9 Å². The summed E-state index contributed by atoms with van der Waals surface area (Å²) >= 11 is 0. The van der Waals surface area contributed by atoms with Crippen molar-refractivity contribution < 1.29 is 19.0 Å². The largest absolute Gasteiger partial charge is 0.493 e. The highest BCUT2D eigenvalue weighted by Crippen LogP contribution is 2.29. The van der Waals surface area contributed by atoms with E-state index in [9.17, 15) is 4.79 Å². The van der Waals surface area contributed by atoms with Gasteiger partial charge in [0.2, 0.25) is 0 Å². The zero-order valence-electron chi connectivity index (χ0n) is 14.5. The van der Waals surface area contributed by atoms with Crippen molar-refractivity contribution in [3.8, 4) is 11.5 Å². The monoisotopic (exact) mass is 451 g/mol. The van der Waals surface area contributed by atoms with Gasteiger partial charge in [0.1, 0.15) is 0 Å². The van der Waals surface area contributed by atoms with E-state index in [2.05, 4.69) is 20.4 Å². The Labute approximate surface area is 160 Å². The van der Waals surface area contributed by atoms with Crippen LogP contribution in [0, 0.1) is 0 Å². The average Bonchev–Trinajstić information content (AvgIpc) is 2.59. The summed E-state index contributed by atoms with van der Waals surface area (Å²) < 4.78 is 15.1. The van der Waals surface area contributed by atoms with Gasteiger partial charge in [-0.15, -0.1) is 24.0 Å². The molecule has 0 aromatic heterocycles. The summed E-state index contributed by atoms with van der Waals surface area (Å²) in [5.74, 6) is 1.78. The van der Waals surface area contributed by atoms with Crippen LogP contribution < -0.4 is 20.1 Å². The Morgan fingerprint density at radius 1 is 1.12 bits per heavy atom. The first kappa shape index (κ1) is 22.3. The van der Waals surface area contributed by atoms with Crippen LogP contribution in [-0.2, 0) is 9.53 Å². The SMILES string of the molecule is CN=C(NCCCCC(=O)OC)Nc1ccc(OC)c(OC)c1.I. The van der Waals surface area contributed by atoms with Gasteiger partial charge in [0.05, 0.1) is 21.3 Å². The molecule has 8 heteroatoms. The molecular weight excluding hydrogens is 425 g/mol. The van der Waals surface area contributed by atoms with Crippen LogP contribution in [-0.4, -0.2) is 46.9 Å². The van der Waals surface area contributed by atoms with Crippen LogP contribution in [0.3, 0.4) is 0 Å². The average molecular weight is 451 g/mol. The van der Waals surface area contributed by atoms with Crippen molar-refractivity contribution in [2.24, 2.45) is 4.99 Å². The quantitative estimate of drug-likeness (QED) is 0.208. The highest BCUT2D eigenvalue weighted by atomic mass is 127. The molecule has 0 saturated heterocycles. The molecule has 0 fully saturated rings. The summed E-state index contributed by atoms with van der Waals surface area (Å²) in [4.78, 5) is 15.2. The van der Waals surface area contributed by atoms with Crippen LogP contribution in [0.1, 0.15) is 19.3 Å². The summed E-state index contributed by atoms with van der Waals surface area (Å²) in [6.45, 7) is 0.712. The van der Waals surface area contributed by atoms with Crippen molar-refractivity contribution in [3.05, 3.63) is 18.2 Å². The fourth-order valence-corrected chi connectivity index (χ4v) is 1.93. The van der Waals surface area contributed by atoms with Crippen molar-refractivity contribution in [1.82, 2.24) is 5.32 Å². The molecule has 24 heavy (non-hydrogen) atoms. The number of benzene rings is 1. The highest BCUT2D eigenvalue weighted by molar-refractivity contribution is 14.0. The molecule has 0 aliphatic heterocycles. The Balaban J connectivity index is 0.00000529. The fourth-order valence-electron chi connectivity index (χ4n) is 1.93. The number of methoxy groups -OCH3 is 3. The minimum atomic E-state index is -0.183. The molecule has 0 aliphatic rings. The molecule has 0 saturated carbocycles. The van der Waals surface area contributed by atoms with Gasteiger partial charge in [-0.3, -0.25) is 9.79 Å². The number of nitrogens with one attached hydrogen (secondary N) is 2. The molecule has 136 valence electrons. The topological polar surface area (TPSA) is 81.2 Å². The van der Waals surface area contributed by atoms with E-state index in [1.54, 1.807) is 21.3 Å². The van der Waals surface area contributed by atoms with Gasteiger partial charge < -0.3 is 24.8 Å². The van der Waals surface area contributed by atoms with Crippen LogP contribution in [0.2, 0.25) is 0 Å². The van der Waals surface area contributed by atoms with Gasteiger partial charge in [-0.05, 0) is 25.0 Å². The lowest BCUT2D eigenvalue weighted by Gasteiger charge is -2.14. The summed E-state index contributed by atoms with van der Waals surface area (Å²) in [6.07, 6.45) is 2.05. The number of aliphatic imine (C=N–C) groups is 1. The van der Waals surface area contributed by atoms with Crippen molar-refractivity contribution >= 4 is 41.6 Å². The Kier molecular flexibility index (Phi) is 11.8. The number of rotatable bonds is 8. The zero-order chi connectivity index (χ0) is 17.1. The second-order valence-corrected chi connectivity index (χ2v) is 4.73. The Morgan fingerprint density at radius 2 is 1.83 bits per heavy atom. The lowest BCUT2D eigenvalue weighted by atomic mass is 10.2. The standard InChI is InChI=1S/C16H25N3O4.HI/c1-17-16(18-10-6-5-7-15(20)23-4)19-12-8-9-13(21-2)14(11-12)22-3;/h8-9,11H,5-7,10H2,1-4H3,(H2,17,18,19);1H. The van der Waals surface area contributed by atoms with Gasteiger partial charge in [-0.2, -0.15) is 0 Å². The van der Waals surface area contributed by atoms with Crippen molar-refractivity contribution in [1.29, 1.82) is 0 Å². The molecule has 0 atom stereocenters. The molecule has 0 spiro atoms. The predicted octanol–water partition coefficient (Wildman–Crippen LogP) is 2.65. The van der Waals surface area contributed by atoms with E-state index in [1.807, 2.05) is 18.2 Å². The molecule has 0 unspecified atom stereocenters. The third-order valence-corrected chi connectivity index (χ3v) is 3.20. The first-order valence-electron chi connectivity index (χ1n) is 7.41. The lowest BCUT2D eigenvalue weighted by Crippen LogP contribution is -2.31. The molecule has 1 rings (SSSR count). The van der Waals surface area contributed by atoms with E-state index in [1.165, 1.54) is 7.11 Å². The Bertz CT molecular complexity index is 538. The number of hydrogen-bond donors (Lipinski definition) is 2. The van der Waals surface area contributed by atoms with Crippen LogP contribution in [0.4, 0.5) is 5.69 Å². The third kappa shape index (κ3) is 7.71. The fraction of sp³-hybridized carbons (Fsp3) is 0.500. The van der Waals surface area contributed by atoms with E-state index in [0.29, 0.717) is 30.4 Å². The van der Waals surface area contributed by atoms with Gasteiger partial charge >= 0.3 is 5.97 Å². The van der Waals surface area contributed by atoms with E-state index in [4.69, 9.17) is 9.47 Å². The molecule has 0 heterocycles. The number of carbonyl (C=O) groups is 1. The van der Waals surface area contributed by atoms with Gasteiger partial charge in [0.15, 0.2) is 17.5 Å². The molecule has 2 N–H and O–H groups in total. The molecule has 1 aromatic rings. The third-order valence-electron chi connectivity index (χ3n) is 3.20. The van der Waals surface area contributed by atoms with Crippen molar-refractivity contribution in [2.45, 2.75) is 19.3 Å². The minimum Gasteiger partial charge on any atom is -0.493 e. The Morgan fingerprint density at radius 3 is 2.42 bits per heavy atom. The molecule has 7 nitrogen and oxygen atoms in total.